The van der Waals surface area contributed by atoms with Crippen LogP contribution in [0.3, 0.4) is 0 Å². The van der Waals surface area contributed by atoms with Crippen LogP contribution in [0, 0.1) is 6.92 Å². The Morgan fingerprint density at radius 3 is 2.84 bits per heavy atom. The van der Waals surface area contributed by atoms with Gasteiger partial charge in [0.2, 0.25) is 5.91 Å². The third kappa shape index (κ3) is 4.45. The highest BCUT2D eigenvalue weighted by Gasteiger charge is 2.11. The molecule has 1 heterocycles. The Balaban J connectivity index is 1.61. The Hall–Kier alpha value is -2.66. The lowest BCUT2D eigenvalue weighted by molar-refractivity contribution is -0.116. The highest BCUT2D eigenvalue weighted by Crippen LogP contribution is 2.32. The maximum atomic E-state index is 12.1. The Kier molecular flexibility index (Phi) is 5.46. The summed E-state index contributed by atoms with van der Waals surface area (Å²) in [5.74, 6) is 0.804. The number of nitrogens with one attached hydrogen (secondary N) is 1. The second kappa shape index (κ2) is 7.94. The number of amides is 1. The first-order valence-corrected chi connectivity index (χ1v) is 8.98. The lowest BCUT2D eigenvalue weighted by atomic mass is 10.2. The van der Waals surface area contributed by atoms with Crippen LogP contribution >= 0.6 is 11.3 Å². The molecule has 0 aliphatic rings. The third-order valence-corrected chi connectivity index (χ3v) is 4.72. The van der Waals surface area contributed by atoms with Crippen molar-refractivity contribution in [2.24, 2.45) is 0 Å². The van der Waals surface area contributed by atoms with Crippen molar-refractivity contribution >= 4 is 22.9 Å². The Morgan fingerprint density at radius 1 is 1.20 bits per heavy atom. The van der Waals surface area contributed by atoms with E-state index in [9.17, 15) is 4.79 Å². The summed E-state index contributed by atoms with van der Waals surface area (Å²) in [5, 5.41) is 5.84. The highest BCUT2D eigenvalue weighted by molar-refractivity contribution is 7.13. The van der Waals surface area contributed by atoms with Gasteiger partial charge in [0.1, 0.15) is 10.8 Å². The molecule has 128 valence electrons. The average Bonchev–Trinajstić information content (AvgIpc) is 3.09. The molecule has 0 radical (unpaired) electrons. The summed E-state index contributed by atoms with van der Waals surface area (Å²) in [5.41, 5.74) is 3.85. The number of methoxy groups -OCH3 is 1. The van der Waals surface area contributed by atoms with Crippen LogP contribution in [0.5, 0.6) is 5.75 Å². The van der Waals surface area contributed by atoms with Crippen LogP contribution in [-0.2, 0) is 11.2 Å². The zero-order valence-electron chi connectivity index (χ0n) is 14.3. The minimum Gasteiger partial charge on any atom is -0.496 e. The van der Waals surface area contributed by atoms with Crippen molar-refractivity contribution in [1.82, 2.24) is 4.98 Å². The molecule has 1 amide bonds. The molecule has 0 aliphatic heterocycles. The molecule has 4 nitrogen and oxygen atoms in total. The van der Waals surface area contributed by atoms with Gasteiger partial charge in [0.15, 0.2) is 0 Å². The maximum Gasteiger partial charge on any atom is 0.224 e. The number of hydrogen-bond donors (Lipinski definition) is 1. The number of benzene rings is 2. The van der Waals surface area contributed by atoms with E-state index in [2.05, 4.69) is 10.3 Å². The van der Waals surface area contributed by atoms with Crippen molar-refractivity contribution in [2.45, 2.75) is 19.8 Å². The summed E-state index contributed by atoms with van der Waals surface area (Å²) in [4.78, 5) is 16.8. The Bertz CT molecular complexity index is 873. The lowest BCUT2D eigenvalue weighted by Gasteiger charge is -2.05. The van der Waals surface area contributed by atoms with Crippen LogP contribution in [-0.4, -0.2) is 18.0 Å². The van der Waals surface area contributed by atoms with E-state index < -0.39 is 0 Å². The normalized spacial score (nSPS) is 10.5. The molecular weight excluding hydrogens is 332 g/mol. The number of aromatic nitrogens is 1. The molecular formula is C20H20N2O2S. The van der Waals surface area contributed by atoms with Gasteiger partial charge in [-0.3, -0.25) is 4.79 Å². The van der Waals surface area contributed by atoms with E-state index in [1.54, 1.807) is 18.4 Å². The van der Waals surface area contributed by atoms with Gasteiger partial charge in [-0.25, -0.2) is 4.98 Å². The summed E-state index contributed by atoms with van der Waals surface area (Å²) in [6.45, 7) is 2.00. The monoisotopic (exact) mass is 352 g/mol. The van der Waals surface area contributed by atoms with Gasteiger partial charge in [-0.1, -0.05) is 24.3 Å². The molecule has 1 N–H and O–H groups in total. The lowest BCUT2D eigenvalue weighted by Crippen LogP contribution is -2.12. The molecule has 0 spiro atoms. The van der Waals surface area contributed by atoms with Gasteiger partial charge in [0, 0.05) is 17.5 Å². The fourth-order valence-electron chi connectivity index (χ4n) is 2.55. The first kappa shape index (κ1) is 17.2. The number of nitrogens with zero attached hydrogens (tertiary/aromatic N) is 1. The first-order chi connectivity index (χ1) is 12.2. The molecule has 0 atom stereocenters. The van der Waals surface area contributed by atoms with Crippen LogP contribution in [0.25, 0.3) is 10.6 Å². The second-order valence-electron chi connectivity index (χ2n) is 5.76. The number of para-hydroxylation sites is 1. The van der Waals surface area contributed by atoms with Crippen LogP contribution in [0.4, 0.5) is 5.69 Å². The summed E-state index contributed by atoms with van der Waals surface area (Å²) in [7, 11) is 1.66. The predicted octanol–water partition coefficient (Wildman–Crippen LogP) is 4.70. The van der Waals surface area contributed by atoms with E-state index in [0.29, 0.717) is 12.8 Å². The molecule has 0 bridgehead atoms. The van der Waals surface area contributed by atoms with Crippen molar-refractivity contribution < 1.29 is 9.53 Å². The van der Waals surface area contributed by atoms with E-state index in [-0.39, 0.29) is 5.91 Å². The maximum absolute atomic E-state index is 12.1. The minimum atomic E-state index is -0.00237. The van der Waals surface area contributed by atoms with Gasteiger partial charge >= 0.3 is 0 Å². The number of ether oxygens (including phenoxy) is 1. The molecule has 0 fully saturated rings. The van der Waals surface area contributed by atoms with Gasteiger partial charge in [-0.15, -0.1) is 11.3 Å². The highest BCUT2D eigenvalue weighted by atomic mass is 32.1. The van der Waals surface area contributed by atoms with Crippen molar-refractivity contribution in [1.29, 1.82) is 0 Å². The van der Waals surface area contributed by atoms with Crippen molar-refractivity contribution in [3.8, 4) is 16.3 Å². The Labute approximate surface area is 151 Å². The number of aryl methyl sites for hydroxylation is 2. The summed E-state index contributed by atoms with van der Waals surface area (Å²) in [6.07, 6.45) is 1.02. The largest absolute Gasteiger partial charge is 0.496 e. The fourth-order valence-corrected chi connectivity index (χ4v) is 3.44. The van der Waals surface area contributed by atoms with Crippen molar-refractivity contribution in [2.75, 3.05) is 12.4 Å². The molecule has 0 saturated heterocycles. The second-order valence-corrected chi connectivity index (χ2v) is 6.62. The molecule has 0 unspecified atom stereocenters. The third-order valence-electron chi connectivity index (χ3n) is 3.80. The molecule has 25 heavy (non-hydrogen) atoms. The molecule has 5 heteroatoms. The topological polar surface area (TPSA) is 51.2 Å². The zero-order valence-corrected chi connectivity index (χ0v) is 15.1. The van der Waals surface area contributed by atoms with Crippen molar-refractivity contribution in [3.63, 3.8) is 0 Å². The number of rotatable bonds is 6. The minimum absolute atomic E-state index is 0.00237. The first-order valence-electron chi connectivity index (χ1n) is 8.10. The number of carbonyl (C=O) groups excluding carboxylic acids is 1. The molecule has 3 aromatic rings. The Morgan fingerprint density at radius 2 is 2.04 bits per heavy atom. The van der Waals surface area contributed by atoms with Crippen molar-refractivity contribution in [3.05, 3.63) is 65.2 Å². The molecule has 3 rings (SSSR count). The molecule has 0 aliphatic carbocycles. The standard InChI is InChI=1S/C20H20N2O2S/c1-14-6-5-7-15(12-14)21-19(23)11-10-16-13-25-20(22-16)17-8-3-4-9-18(17)24-2/h3-9,12-13H,10-11H2,1-2H3,(H,21,23). The van der Waals surface area contributed by atoms with E-state index in [0.717, 1.165) is 33.3 Å². The summed E-state index contributed by atoms with van der Waals surface area (Å²) in [6, 6.07) is 15.6. The van der Waals surface area contributed by atoms with Gasteiger partial charge in [0.25, 0.3) is 0 Å². The van der Waals surface area contributed by atoms with E-state index in [4.69, 9.17) is 4.74 Å². The fraction of sp³-hybridized carbons (Fsp3) is 0.200. The van der Waals surface area contributed by atoms with Gasteiger partial charge in [-0.05, 0) is 43.2 Å². The molecule has 1 aromatic heterocycles. The number of carbonyl (C=O) groups is 1. The van der Waals surface area contributed by atoms with Gasteiger partial charge in [-0.2, -0.15) is 0 Å². The predicted molar refractivity (Wildman–Crippen MR) is 102 cm³/mol. The van der Waals surface area contributed by atoms with Gasteiger partial charge in [0.05, 0.1) is 18.4 Å². The summed E-state index contributed by atoms with van der Waals surface area (Å²) < 4.78 is 5.39. The molecule has 0 saturated carbocycles. The molecule has 2 aromatic carbocycles. The zero-order chi connectivity index (χ0) is 17.6. The van der Waals surface area contributed by atoms with E-state index in [1.807, 2.05) is 60.8 Å². The quantitative estimate of drug-likeness (QED) is 0.700. The van der Waals surface area contributed by atoms with Crippen LogP contribution in [0.1, 0.15) is 17.7 Å². The summed E-state index contributed by atoms with van der Waals surface area (Å²) >= 11 is 1.57. The van der Waals surface area contributed by atoms with Crippen LogP contribution < -0.4 is 10.1 Å². The van der Waals surface area contributed by atoms with Crippen LogP contribution in [0.2, 0.25) is 0 Å². The van der Waals surface area contributed by atoms with Crippen LogP contribution in [0.15, 0.2) is 53.9 Å². The number of anilines is 1. The smallest absolute Gasteiger partial charge is 0.224 e. The number of hydrogen-bond acceptors (Lipinski definition) is 4. The SMILES string of the molecule is COc1ccccc1-c1nc(CCC(=O)Nc2cccc(C)c2)cs1. The number of thiazole rings is 1. The van der Waals surface area contributed by atoms with E-state index in [1.165, 1.54) is 0 Å². The average molecular weight is 352 g/mol. The van der Waals surface area contributed by atoms with E-state index >= 15 is 0 Å². The van der Waals surface area contributed by atoms with Gasteiger partial charge < -0.3 is 10.1 Å².